The maximum atomic E-state index is 13.1. The highest BCUT2D eigenvalue weighted by Crippen LogP contribution is 2.29. The standard InChI is InChI=1S/C34H53NO6/c1-4-6-8-10-14-20-26-40-32(38)34(3,33(39)41-27-21-15-11-9-7-5-2)24-18-12-13-19-25-35-30(36)28-22-16-17-23-29(28)31(35)37/h16-17,22-23H,4-15,18-21,24-27H2,1-3H3. The quantitative estimate of drug-likeness (QED) is 0.0571. The van der Waals surface area contributed by atoms with Crippen LogP contribution in [0.3, 0.4) is 0 Å². The van der Waals surface area contributed by atoms with E-state index in [1.54, 1.807) is 31.2 Å². The lowest BCUT2D eigenvalue weighted by Crippen LogP contribution is -2.39. The monoisotopic (exact) mass is 571 g/mol. The number of carbonyl (C=O) groups is 4. The molecule has 0 bridgehead atoms. The highest BCUT2D eigenvalue weighted by atomic mass is 16.6. The Balaban J connectivity index is 1.79. The van der Waals surface area contributed by atoms with Crippen LogP contribution >= 0.6 is 0 Å². The normalized spacial score (nSPS) is 13.0. The SMILES string of the molecule is CCCCCCCCOC(=O)C(C)(CCCCCCN1C(=O)c2ccccc2C1=O)C(=O)OCCCCCCCC. The third-order valence-corrected chi connectivity index (χ3v) is 8.05. The topological polar surface area (TPSA) is 90.0 Å². The Kier molecular flexibility index (Phi) is 16.3. The van der Waals surface area contributed by atoms with Crippen LogP contribution < -0.4 is 0 Å². The summed E-state index contributed by atoms with van der Waals surface area (Å²) in [4.78, 5) is 52.7. The van der Waals surface area contributed by atoms with Crippen LogP contribution in [0, 0.1) is 5.41 Å². The zero-order valence-electron chi connectivity index (χ0n) is 25.8. The van der Waals surface area contributed by atoms with Gasteiger partial charge in [-0.2, -0.15) is 0 Å². The van der Waals surface area contributed by atoms with Crippen molar-refractivity contribution < 1.29 is 28.7 Å². The van der Waals surface area contributed by atoms with Crippen molar-refractivity contribution in [2.24, 2.45) is 5.41 Å². The van der Waals surface area contributed by atoms with Crippen LogP contribution in [0.4, 0.5) is 0 Å². The zero-order chi connectivity index (χ0) is 29.9. The maximum Gasteiger partial charge on any atom is 0.323 e. The van der Waals surface area contributed by atoms with Crippen LogP contribution in [0.15, 0.2) is 24.3 Å². The van der Waals surface area contributed by atoms with Crippen molar-refractivity contribution in [3.63, 3.8) is 0 Å². The van der Waals surface area contributed by atoms with Crippen LogP contribution in [-0.2, 0) is 19.1 Å². The fourth-order valence-corrected chi connectivity index (χ4v) is 5.24. The van der Waals surface area contributed by atoms with Crippen molar-refractivity contribution in [2.45, 2.75) is 130 Å². The van der Waals surface area contributed by atoms with Gasteiger partial charge in [0.2, 0.25) is 0 Å². The van der Waals surface area contributed by atoms with E-state index in [0.29, 0.717) is 50.1 Å². The summed E-state index contributed by atoms with van der Waals surface area (Å²) in [6.07, 6.45) is 16.3. The minimum Gasteiger partial charge on any atom is -0.465 e. The lowest BCUT2D eigenvalue weighted by molar-refractivity contribution is -0.172. The van der Waals surface area contributed by atoms with E-state index in [4.69, 9.17) is 9.47 Å². The van der Waals surface area contributed by atoms with E-state index in [1.165, 1.54) is 43.4 Å². The van der Waals surface area contributed by atoms with Gasteiger partial charge in [0, 0.05) is 6.54 Å². The molecule has 2 rings (SSSR count). The fraction of sp³-hybridized carbons (Fsp3) is 0.706. The summed E-state index contributed by atoms with van der Waals surface area (Å²) in [6, 6.07) is 6.91. The number of esters is 2. The number of hydrogen-bond donors (Lipinski definition) is 0. The van der Waals surface area contributed by atoms with Gasteiger partial charge < -0.3 is 9.47 Å². The second-order valence-electron chi connectivity index (χ2n) is 11.6. The van der Waals surface area contributed by atoms with Crippen LogP contribution in [0.2, 0.25) is 0 Å². The number of benzene rings is 1. The Hall–Kier alpha value is -2.70. The van der Waals surface area contributed by atoms with Crippen LogP contribution in [0.25, 0.3) is 0 Å². The molecule has 1 heterocycles. The molecule has 0 radical (unpaired) electrons. The first-order valence-corrected chi connectivity index (χ1v) is 16.2. The molecule has 7 heteroatoms. The van der Waals surface area contributed by atoms with Crippen molar-refractivity contribution in [3.05, 3.63) is 35.4 Å². The van der Waals surface area contributed by atoms with Crippen LogP contribution in [0.5, 0.6) is 0 Å². The molecule has 0 aromatic heterocycles. The van der Waals surface area contributed by atoms with E-state index in [9.17, 15) is 19.2 Å². The van der Waals surface area contributed by atoms with Gasteiger partial charge in [0.1, 0.15) is 0 Å². The minimum absolute atomic E-state index is 0.237. The summed E-state index contributed by atoms with van der Waals surface area (Å²) in [5.41, 5.74) is -0.396. The van der Waals surface area contributed by atoms with E-state index < -0.39 is 17.4 Å². The molecule has 2 amide bonds. The van der Waals surface area contributed by atoms with E-state index in [1.807, 2.05) is 0 Å². The smallest absolute Gasteiger partial charge is 0.323 e. The third kappa shape index (κ3) is 11.2. The lowest BCUT2D eigenvalue weighted by atomic mass is 9.84. The average Bonchev–Trinajstić information content (AvgIpc) is 3.22. The molecule has 41 heavy (non-hydrogen) atoms. The molecule has 0 fully saturated rings. The Labute approximate surface area is 247 Å². The molecule has 1 aliphatic rings. The number of nitrogens with zero attached hydrogens (tertiary/aromatic N) is 1. The summed E-state index contributed by atoms with van der Waals surface area (Å²) in [6.45, 7) is 7.03. The van der Waals surface area contributed by atoms with E-state index in [2.05, 4.69) is 13.8 Å². The fourth-order valence-electron chi connectivity index (χ4n) is 5.24. The molecule has 7 nitrogen and oxygen atoms in total. The van der Waals surface area contributed by atoms with Gasteiger partial charge in [0.15, 0.2) is 5.41 Å². The van der Waals surface area contributed by atoms with Crippen LogP contribution in [0.1, 0.15) is 151 Å². The van der Waals surface area contributed by atoms with Crippen molar-refractivity contribution in [3.8, 4) is 0 Å². The first-order chi connectivity index (χ1) is 19.9. The van der Waals surface area contributed by atoms with Gasteiger partial charge in [-0.15, -0.1) is 0 Å². The highest BCUT2D eigenvalue weighted by molar-refractivity contribution is 6.21. The Morgan fingerprint density at radius 1 is 0.634 bits per heavy atom. The molecular weight excluding hydrogens is 518 g/mol. The lowest BCUT2D eigenvalue weighted by Gasteiger charge is -2.25. The van der Waals surface area contributed by atoms with Gasteiger partial charge in [-0.25, -0.2) is 0 Å². The first-order valence-electron chi connectivity index (χ1n) is 16.2. The molecule has 0 spiro atoms. The minimum atomic E-state index is -1.33. The first kappa shape index (κ1) is 34.5. The summed E-state index contributed by atoms with van der Waals surface area (Å²) in [7, 11) is 0. The Morgan fingerprint density at radius 3 is 1.54 bits per heavy atom. The van der Waals surface area contributed by atoms with Crippen molar-refractivity contribution in [1.82, 2.24) is 4.90 Å². The number of unbranched alkanes of at least 4 members (excludes halogenated alkanes) is 13. The molecular formula is C34H53NO6. The molecule has 230 valence electrons. The number of ether oxygens (including phenoxy) is 2. The van der Waals surface area contributed by atoms with E-state index >= 15 is 0 Å². The molecule has 1 aromatic carbocycles. The summed E-state index contributed by atoms with van der Waals surface area (Å²) in [5.74, 6) is -1.46. The van der Waals surface area contributed by atoms with Gasteiger partial charge in [-0.3, -0.25) is 24.1 Å². The molecule has 0 unspecified atom stereocenters. The highest BCUT2D eigenvalue weighted by Gasteiger charge is 2.44. The molecule has 1 aromatic rings. The summed E-state index contributed by atoms with van der Waals surface area (Å²) < 4.78 is 11.2. The predicted octanol–water partition coefficient (Wildman–Crippen LogP) is 8.05. The second-order valence-corrected chi connectivity index (χ2v) is 11.6. The molecule has 0 saturated heterocycles. The van der Waals surface area contributed by atoms with Gasteiger partial charge in [-0.1, -0.05) is 109 Å². The number of fused-ring (bicyclic) bond motifs is 1. The van der Waals surface area contributed by atoms with Crippen molar-refractivity contribution in [2.75, 3.05) is 19.8 Å². The van der Waals surface area contributed by atoms with Crippen LogP contribution in [-0.4, -0.2) is 48.4 Å². The van der Waals surface area contributed by atoms with Gasteiger partial charge >= 0.3 is 11.9 Å². The van der Waals surface area contributed by atoms with Gasteiger partial charge in [0.05, 0.1) is 24.3 Å². The number of hydrogen-bond acceptors (Lipinski definition) is 6. The average molecular weight is 572 g/mol. The molecule has 0 saturated carbocycles. The summed E-state index contributed by atoms with van der Waals surface area (Å²) >= 11 is 0. The molecule has 0 atom stereocenters. The largest absolute Gasteiger partial charge is 0.465 e. The van der Waals surface area contributed by atoms with Crippen molar-refractivity contribution >= 4 is 23.8 Å². The van der Waals surface area contributed by atoms with Gasteiger partial charge in [-0.05, 0) is 44.7 Å². The Bertz CT molecular complexity index is 893. The van der Waals surface area contributed by atoms with E-state index in [0.717, 1.165) is 51.4 Å². The molecule has 1 aliphatic heterocycles. The summed E-state index contributed by atoms with van der Waals surface area (Å²) in [5, 5.41) is 0. The van der Waals surface area contributed by atoms with Gasteiger partial charge in [0.25, 0.3) is 11.8 Å². The van der Waals surface area contributed by atoms with Crippen molar-refractivity contribution in [1.29, 1.82) is 0 Å². The zero-order valence-corrected chi connectivity index (χ0v) is 25.8. The predicted molar refractivity (Wildman–Crippen MR) is 162 cm³/mol. The number of rotatable bonds is 23. The third-order valence-electron chi connectivity index (χ3n) is 8.05. The number of carbonyl (C=O) groups excluding carboxylic acids is 4. The molecule has 0 aliphatic carbocycles. The maximum absolute atomic E-state index is 13.1. The second kappa shape index (κ2) is 19.4. The Morgan fingerprint density at radius 2 is 1.05 bits per heavy atom. The number of imide groups is 1. The van der Waals surface area contributed by atoms with E-state index in [-0.39, 0.29) is 11.8 Å². The number of amides is 2. The molecule has 0 N–H and O–H groups in total.